The molecule has 0 N–H and O–H groups in total. The third kappa shape index (κ3) is 7.45. The third-order valence-electron chi connectivity index (χ3n) is 16.2. The molecule has 0 unspecified atom stereocenters. The van der Waals surface area contributed by atoms with E-state index in [2.05, 4.69) is 125 Å². The van der Waals surface area contributed by atoms with E-state index in [0.29, 0.717) is 21.7 Å². The van der Waals surface area contributed by atoms with E-state index >= 15 is 0 Å². The van der Waals surface area contributed by atoms with Crippen molar-refractivity contribution < 1.29 is 0 Å². The van der Waals surface area contributed by atoms with Crippen LogP contribution in [0.5, 0.6) is 0 Å². The van der Waals surface area contributed by atoms with Crippen LogP contribution < -0.4 is 0 Å². The van der Waals surface area contributed by atoms with Gasteiger partial charge in [0.05, 0.1) is 0 Å². The number of benzene rings is 6. The van der Waals surface area contributed by atoms with Gasteiger partial charge in [-0.3, -0.25) is 0 Å². The quantitative estimate of drug-likeness (QED) is 0.158. The molecule has 10 rings (SSSR count). The second kappa shape index (κ2) is 15.3. The molecule has 4 aliphatic carbocycles. The molecule has 0 saturated heterocycles. The minimum Gasteiger partial charge on any atom is -0.0579 e. The molecular formula is C56H68. The van der Waals surface area contributed by atoms with Gasteiger partial charge < -0.3 is 0 Å². The summed E-state index contributed by atoms with van der Waals surface area (Å²) in [4.78, 5) is 0. The largest absolute Gasteiger partial charge is 0.0579 e. The highest BCUT2D eigenvalue weighted by Gasteiger charge is 2.32. The van der Waals surface area contributed by atoms with E-state index in [1.165, 1.54) is 172 Å². The van der Waals surface area contributed by atoms with E-state index in [9.17, 15) is 0 Å². The van der Waals surface area contributed by atoms with E-state index in [1.54, 1.807) is 22.3 Å². The summed E-state index contributed by atoms with van der Waals surface area (Å²) in [5, 5.41) is 11.2. The Bertz CT molecular complexity index is 2170. The summed E-state index contributed by atoms with van der Waals surface area (Å²) < 4.78 is 0. The van der Waals surface area contributed by atoms with Gasteiger partial charge in [-0.1, -0.05) is 178 Å². The number of fused-ring (bicyclic) bond motifs is 4. The molecule has 6 aromatic carbocycles. The van der Waals surface area contributed by atoms with Crippen molar-refractivity contribution in [3.63, 3.8) is 0 Å². The molecule has 4 saturated carbocycles. The van der Waals surface area contributed by atoms with E-state index in [1.807, 2.05) is 0 Å². The molecule has 0 spiro atoms. The second-order valence-corrected chi connectivity index (χ2v) is 20.4. The summed E-state index contributed by atoms with van der Waals surface area (Å²) in [7, 11) is 0. The van der Waals surface area contributed by atoms with Gasteiger partial charge in [0.2, 0.25) is 0 Å². The van der Waals surface area contributed by atoms with Crippen molar-refractivity contribution >= 4 is 43.1 Å². The molecular weight excluding hydrogens is 673 g/mol. The van der Waals surface area contributed by atoms with E-state index in [0.717, 1.165) is 0 Å². The fourth-order valence-electron chi connectivity index (χ4n) is 12.0. The Hall–Kier alpha value is -3.64. The highest BCUT2D eigenvalue weighted by atomic mass is 14.4. The van der Waals surface area contributed by atoms with Crippen LogP contribution >= 0.6 is 0 Å². The molecule has 0 atom stereocenters. The predicted molar refractivity (Wildman–Crippen MR) is 245 cm³/mol. The smallest absolute Gasteiger partial charge is 0.00750 e. The first-order chi connectivity index (χ1) is 27.1. The lowest BCUT2D eigenvalue weighted by Gasteiger charge is -2.34. The molecule has 0 amide bonds. The van der Waals surface area contributed by atoms with Crippen LogP contribution in [0.15, 0.2) is 97.1 Å². The molecule has 0 aliphatic heterocycles. The highest BCUT2D eigenvalue weighted by Crippen LogP contribution is 2.44. The molecule has 0 bridgehead atoms. The van der Waals surface area contributed by atoms with Crippen LogP contribution in [0.25, 0.3) is 43.1 Å². The fourth-order valence-corrected chi connectivity index (χ4v) is 12.0. The molecule has 292 valence electrons. The van der Waals surface area contributed by atoms with Crippen molar-refractivity contribution in [1.82, 2.24) is 0 Å². The molecule has 4 aliphatic rings. The molecule has 0 aromatic heterocycles. The van der Waals surface area contributed by atoms with E-state index < -0.39 is 0 Å². The van der Waals surface area contributed by atoms with Crippen LogP contribution in [0.3, 0.4) is 0 Å². The zero-order chi connectivity index (χ0) is 38.4. The van der Waals surface area contributed by atoms with Gasteiger partial charge in [0, 0.05) is 0 Å². The Kier molecular flexibility index (Phi) is 10.3. The molecule has 0 nitrogen and oxygen atoms in total. The Morgan fingerprint density at radius 2 is 0.429 bits per heavy atom. The lowest BCUT2D eigenvalue weighted by Crippen LogP contribution is -2.25. The normalized spacial score (nSPS) is 21.8. The zero-order valence-electron chi connectivity index (χ0n) is 35.4. The first kappa shape index (κ1) is 37.9. The van der Waals surface area contributed by atoms with E-state index in [4.69, 9.17) is 0 Å². The number of rotatable bonds is 4. The molecule has 56 heavy (non-hydrogen) atoms. The summed E-state index contributed by atoms with van der Waals surface area (Å²) >= 11 is 0. The molecule has 0 radical (unpaired) electrons. The van der Waals surface area contributed by atoms with Gasteiger partial charge in [-0.05, 0) is 163 Å². The van der Waals surface area contributed by atoms with Crippen LogP contribution in [0.1, 0.15) is 178 Å². The summed E-state index contributed by atoms with van der Waals surface area (Å²) in [5.41, 5.74) is 7.69. The predicted octanol–water partition coefficient (Wildman–Crippen LogP) is 16.9. The maximum atomic E-state index is 2.50. The summed E-state index contributed by atoms with van der Waals surface area (Å²) in [5.74, 6) is 0. The van der Waals surface area contributed by atoms with Crippen molar-refractivity contribution in [1.29, 1.82) is 0 Å². The van der Waals surface area contributed by atoms with Crippen molar-refractivity contribution in [2.24, 2.45) is 0 Å². The lowest BCUT2D eigenvalue weighted by atomic mass is 9.70. The van der Waals surface area contributed by atoms with Crippen LogP contribution in [-0.2, 0) is 21.7 Å². The minimum absolute atomic E-state index is 0.374. The van der Waals surface area contributed by atoms with Crippen molar-refractivity contribution in [3.05, 3.63) is 119 Å². The topological polar surface area (TPSA) is 0 Å². The van der Waals surface area contributed by atoms with Crippen molar-refractivity contribution in [2.45, 2.75) is 178 Å². The molecule has 4 fully saturated rings. The maximum Gasteiger partial charge on any atom is -0.00750 e. The Balaban J connectivity index is 0.000000146. The summed E-state index contributed by atoms with van der Waals surface area (Å²) in [6, 6.07) is 38.7. The van der Waals surface area contributed by atoms with Gasteiger partial charge in [-0.2, -0.15) is 0 Å². The van der Waals surface area contributed by atoms with Gasteiger partial charge >= 0.3 is 0 Å². The first-order valence-corrected chi connectivity index (χ1v) is 23.1. The maximum absolute atomic E-state index is 2.50. The first-order valence-electron chi connectivity index (χ1n) is 23.1. The second-order valence-electron chi connectivity index (χ2n) is 20.4. The SMILES string of the molecule is CC1(c2ccc3cc4cc(C5(C)CCCCC5)ccc4cc3c2)CCCCC1.CC1(c2ccc3cc4ccc(C5(C)CCCCC5)cc4cc3c2)CCCCC1. The van der Waals surface area contributed by atoms with Crippen LogP contribution in [0, 0.1) is 0 Å². The summed E-state index contributed by atoms with van der Waals surface area (Å²) in [6.45, 7) is 9.92. The van der Waals surface area contributed by atoms with Gasteiger partial charge in [-0.25, -0.2) is 0 Å². The number of hydrogen-bond donors (Lipinski definition) is 0. The standard InChI is InChI=1S/2C28H34/c1-27(13-5-3-6-14-27)25-11-9-21-18-24-20-26(28(2)15-7-4-8-16-28)12-10-22(24)17-23(21)19-25;1-27(13-5-3-6-14-27)25-11-9-21-17-22-10-12-26(20-24(22)18-23(21)19-25)28(2)15-7-4-8-16-28/h2*9-12,17-20H,3-8,13-16H2,1-2H3. The van der Waals surface area contributed by atoms with Gasteiger partial charge in [0.25, 0.3) is 0 Å². The average molecular weight is 741 g/mol. The fraction of sp³-hybridized carbons (Fsp3) is 0.500. The Morgan fingerprint density at radius 1 is 0.232 bits per heavy atom. The zero-order valence-corrected chi connectivity index (χ0v) is 35.4. The number of hydrogen-bond acceptors (Lipinski definition) is 0. The van der Waals surface area contributed by atoms with Gasteiger partial charge in [0.1, 0.15) is 0 Å². The molecule has 0 heterocycles. The van der Waals surface area contributed by atoms with Crippen LogP contribution in [0.4, 0.5) is 0 Å². The van der Waals surface area contributed by atoms with Gasteiger partial charge in [-0.15, -0.1) is 0 Å². The third-order valence-corrected chi connectivity index (χ3v) is 16.2. The van der Waals surface area contributed by atoms with Crippen LogP contribution in [0.2, 0.25) is 0 Å². The summed E-state index contributed by atoms with van der Waals surface area (Å²) in [6.07, 6.45) is 27.4. The lowest BCUT2D eigenvalue weighted by molar-refractivity contribution is 0.320. The van der Waals surface area contributed by atoms with Crippen molar-refractivity contribution in [2.75, 3.05) is 0 Å². The Morgan fingerprint density at radius 3 is 0.661 bits per heavy atom. The van der Waals surface area contributed by atoms with Gasteiger partial charge in [0.15, 0.2) is 0 Å². The average Bonchev–Trinajstić information content (AvgIpc) is 3.22. The van der Waals surface area contributed by atoms with E-state index in [-0.39, 0.29) is 0 Å². The molecule has 6 aromatic rings. The Labute approximate surface area is 338 Å². The minimum atomic E-state index is 0.374. The van der Waals surface area contributed by atoms with Crippen molar-refractivity contribution in [3.8, 4) is 0 Å². The monoisotopic (exact) mass is 741 g/mol. The highest BCUT2D eigenvalue weighted by molar-refractivity contribution is 6.00. The van der Waals surface area contributed by atoms with Crippen LogP contribution in [-0.4, -0.2) is 0 Å². The molecule has 0 heteroatoms.